The SMILES string of the molecule is CCCNC(=O)CN(C)c1nc(N)nc2sc(C)cc12. The molecular weight excluding hydrogens is 274 g/mol. The molecule has 0 aliphatic carbocycles. The van der Waals surface area contributed by atoms with Gasteiger partial charge in [-0.15, -0.1) is 11.3 Å². The van der Waals surface area contributed by atoms with E-state index >= 15 is 0 Å². The van der Waals surface area contributed by atoms with Crippen LogP contribution in [0.25, 0.3) is 10.2 Å². The van der Waals surface area contributed by atoms with E-state index < -0.39 is 0 Å². The third-order valence-corrected chi connectivity index (χ3v) is 3.77. The van der Waals surface area contributed by atoms with Gasteiger partial charge in [-0.2, -0.15) is 4.98 Å². The maximum atomic E-state index is 11.8. The molecule has 0 spiro atoms. The third-order valence-electron chi connectivity index (χ3n) is 2.83. The van der Waals surface area contributed by atoms with Crippen LogP contribution in [0, 0.1) is 6.92 Å². The second-order valence-corrected chi connectivity index (χ2v) is 5.92. The summed E-state index contributed by atoms with van der Waals surface area (Å²) in [5.41, 5.74) is 5.74. The number of thiophene rings is 1. The van der Waals surface area contributed by atoms with Crippen molar-refractivity contribution in [3.8, 4) is 0 Å². The molecule has 0 aliphatic rings. The van der Waals surface area contributed by atoms with E-state index in [4.69, 9.17) is 5.73 Å². The van der Waals surface area contributed by atoms with Gasteiger partial charge in [0.05, 0.1) is 11.9 Å². The predicted molar refractivity (Wildman–Crippen MR) is 83.1 cm³/mol. The standard InChI is InChI=1S/C13H19N5OS/c1-4-5-15-10(19)7-18(3)11-9-6-8(2)20-12(9)17-13(14)16-11/h6H,4-5,7H2,1-3H3,(H,15,19)(H2,14,16,17). The molecule has 2 rings (SSSR count). The Morgan fingerprint density at radius 3 is 2.95 bits per heavy atom. The van der Waals surface area contributed by atoms with Crippen LogP contribution in [-0.2, 0) is 4.79 Å². The average molecular weight is 293 g/mol. The number of likely N-dealkylation sites (N-methyl/N-ethyl adjacent to an activating group) is 1. The summed E-state index contributed by atoms with van der Waals surface area (Å²) in [6.45, 7) is 4.97. The number of amides is 1. The first kappa shape index (κ1) is 14.5. The molecule has 0 saturated carbocycles. The van der Waals surface area contributed by atoms with E-state index in [1.807, 2.05) is 27.0 Å². The molecule has 7 heteroatoms. The first-order valence-electron chi connectivity index (χ1n) is 6.52. The van der Waals surface area contributed by atoms with Crippen LogP contribution in [0.4, 0.5) is 11.8 Å². The zero-order chi connectivity index (χ0) is 14.7. The largest absolute Gasteiger partial charge is 0.368 e. The molecule has 108 valence electrons. The molecule has 20 heavy (non-hydrogen) atoms. The number of rotatable bonds is 5. The minimum atomic E-state index is -0.0216. The van der Waals surface area contributed by atoms with Crippen molar-refractivity contribution < 1.29 is 4.79 Å². The van der Waals surface area contributed by atoms with Gasteiger partial charge in [-0.25, -0.2) is 4.98 Å². The van der Waals surface area contributed by atoms with Crippen molar-refractivity contribution in [1.29, 1.82) is 0 Å². The Bertz CT molecular complexity index is 624. The number of nitrogens with two attached hydrogens (primary N) is 1. The smallest absolute Gasteiger partial charge is 0.239 e. The monoisotopic (exact) mass is 293 g/mol. The predicted octanol–water partition coefficient (Wildman–Crippen LogP) is 1.54. The Labute approximate surface area is 122 Å². The molecule has 2 heterocycles. The number of hydrogen-bond donors (Lipinski definition) is 2. The molecule has 0 aliphatic heterocycles. The number of nitrogens with zero attached hydrogens (tertiary/aromatic N) is 3. The minimum Gasteiger partial charge on any atom is -0.368 e. The van der Waals surface area contributed by atoms with Gasteiger partial charge in [0, 0.05) is 18.5 Å². The van der Waals surface area contributed by atoms with Crippen molar-refractivity contribution in [1.82, 2.24) is 15.3 Å². The average Bonchev–Trinajstić information content (AvgIpc) is 2.75. The molecule has 0 fully saturated rings. The molecule has 2 aromatic rings. The summed E-state index contributed by atoms with van der Waals surface area (Å²) >= 11 is 1.57. The first-order valence-corrected chi connectivity index (χ1v) is 7.34. The summed E-state index contributed by atoms with van der Waals surface area (Å²) in [5.74, 6) is 0.908. The van der Waals surface area contributed by atoms with E-state index in [1.165, 1.54) is 0 Å². The van der Waals surface area contributed by atoms with Crippen molar-refractivity contribution in [2.45, 2.75) is 20.3 Å². The second-order valence-electron chi connectivity index (χ2n) is 4.69. The maximum Gasteiger partial charge on any atom is 0.239 e. The van der Waals surface area contributed by atoms with E-state index in [2.05, 4.69) is 15.3 Å². The number of carbonyl (C=O) groups is 1. The molecule has 0 radical (unpaired) electrons. The van der Waals surface area contributed by atoms with Crippen molar-refractivity contribution in [2.75, 3.05) is 30.8 Å². The Kier molecular flexibility index (Phi) is 4.39. The summed E-state index contributed by atoms with van der Waals surface area (Å²) in [7, 11) is 1.83. The van der Waals surface area contributed by atoms with Crippen LogP contribution < -0.4 is 16.0 Å². The third kappa shape index (κ3) is 3.16. The van der Waals surface area contributed by atoms with Crippen LogP contribution in [0.1, 0.15) is 18.2 Å². The van der Waals surface area contributed by atoms with Crippen LogP contribution in [0.3, 0.4) is 0 Å². The number of fused-ring (bicyclic) bond motifs is 1. The Morgan fingerprint density at radius 2 is 2.25 bits per heavy atom. The van der Waals surface area contributed by atoms with Crippen molar-refractivity contribution in [2.24, 2.45) is 0 Å². The zero-order valence-electron chi connectivity index (χ0n) is 11.9. The van der Waals surface area contributed by atoms with E-state index in [1.54, 1.807) is 16.2 Å². The molecule has 3 N–H and O–H groups in total. The van der Waals surface area contributed by atoms with E-state index in [0.29, 0.717) is 12.4 Å². The lowest BCUT2D eigenvalue weighted by Gasteiger charge is -2.18. The number of hydrogen-bond acceptors (Lipinski definition) is 6. The highest BCUT2D eigenvalue weighted by Crippen LogP contribution is 2.30. The van der Waals surface area contributed by atoms with Crippen molar-refractivity contribution in [3.05, 3.63) is 10.9 Å². The Balaban J connectivity index is 2.25. The van der Waals surface area contributed by atoms with Crippen LogP contribution in [0.15, 0.2) is 6.07 Å². The van der Waals surface area contributed by atoms with Crippen LogP contribution in [0.5, 0.6) is 0 Å². The minimum absolute atomic E-state index is 0.0216. The summed E-state index contributed by atoms with van der Waals surface area (Å²) in [6, 6.07) is 2.02. The molecular formula is C13H19N5OS. The van der Waals surface area contributed by atoms with Crippen molar-refractivity contribution in [3.63, 3.8) is 0 Å². The molecule has 0 saturated heterocycles. The number of nitrogens with one attached hydrogen (secondary N) is 1. The first-order chi connectivity index (χ1) is 9.51. The number of aromatic nitrogens is 2. The van der Waals surface area contributed by atoms with Gasteiger partial charge >= 0.3 is 0 Å². The summed E-state index contributed by atoms with van der Waals surface area (Å²) < 4.78 is 0. The van der Waals surface area contributed by atoms with Crippen LogP contribution in [-0.4, -0.2) is 36.0 Å². The molecule has 1 amide bonds. The fraction of sp³-hybridized carbons (Fsp3) is 0.462. The highest BCUT2D eigenvalue weighted by Gasteiger charge is 2.15. The highest BCUT2D eigenvalue weighted by atomic mass is 32.1. The fourth-order valence-corrected chi connectivity index (χ4v) is 2.83. The highest BCUT2D eigenvalue weighted by molar-refractivity contribution is 7.18. The molecule has 2 aromatic heterocycles. The summed E-state index contributed by atoms with van der Waals surface area (Å²) in [6.07, 6.45) is 0.921. The van der Waals surface area contributed by atoms with Gasteiger partial charge in [-0.1, -0.05) is 6.92 Å². The van der Waals surface area contributed by atoms with Gasteiger partial charge in [-0.3, -0.25) is 4.79 Å². The van der Waals surface area contributed by atoms with Gasteiger partial charge in [0.2, 0.25) is 11.9 Å². The Morgan fingerprint density at radius 1 is 1.50 bits per heavy atom. The van der Waals surface area contributed by atoms with Crippen molar-refractivity contribution >= 4 is 39.2 Å². The topological polar surface area (TPSA) is 84.1 Å². The van der Waals surface area contributed by atoms with Gasteiger partial charge < -0.3 is 16.0 Å². The molecule has 0 aromatic carbocycles. The second kappa shape index (κ2) is 6.04. The lowest BCUT2D eigenvalue weighted by Crippen LogP contribution is -2.36. The molecule has 0 atom stereocenters. The van der Waals surface area contributed by atoms with Gasteiger partial charge in [0.1, 0.15) is 10.6 Å². The summed E-state index contributed by atoms with van der Waals surface area (Å²) in [5, 5.41) is 3.79. The molecule has 6 nitrogen and oxygen atoms in total. The summed E-state index contributed by atoms with van der Waals surface area (Å²) in [4.78, 5) is 24.1. The zero-order valence-corrected chi connectivity index (χ0v) is 12.8. The van der Waals surface area contributed by atoms with E-state index in [0.717, 1.165) is 21.5 Å². The van der Waals surface area contributed by atoms with E-state index in [9.17, 15) is 4.79 Å². The van der Waals surface area contributed by atoms with E-state index in [-0.39, 0.29) is 18.4 Å². The lowest BCUT2D eigenvalue weighted by atomic mass is 10.3. The number of nitrogen functional groups attached to an aromatic ring is 1. The van der Waals surface area contributed by atoms with Crippen LogP contribution in [0.2, 0.25) is 0 Å². The maximum absolute atomic E-state index is 11.8. The quantitative estimate of drug-likeness (QED) is 0.873. The Hall–Kier alpha value is -1.89. The number of anilines is 2. The number of aryl methyl sites for hydroxylation is 1. The van der Waals surface area contributed by atoms with Crippen LogP contribution >= 0.6 is 11.3 Å². The van der Waals surface area contributed by atoms with Gasteiger partial charge in [0.25, 0.3) is 0 Å². The lowest BCUT2D eigenvalue weighted by molar-refractivity contribution is -0.119. The van der Waals surface area contributed by atoms with Gasteiger partial charge in [-0.05, 0) is 19.4 Å². The molecule has 0 unspecified atom stereocenters. The fourth-order valence-electron chi connectivity index (χ4n) is 1.94. The normalized spacial score (nSPS) is 10.8. The van der Waals surface area contributed by atoms with Gasteiger partial charge in [0.15, 0.2) is 0 Å². The number of carbonyl (C=O) groups excluding carboxylic acids is 1. The molecule has 0 bridgehead atoms.